The van der Waals surface area contributed by atoms with Crippen LogP contribution in [0.4, 0.5) is 0 Å². The number of benzene rings is 1. The molecule has 3 rings (SSSR count). The number of rotatable bonds is 4. The Bertz CT molecular complexity index is 594. The van der Waals surface area contributed by atoms with Crippen molar-refractivity contribution in [2.24, 2.45) is 5.92 Å². The van der Waals surface area contributed by atoms with E-state index in [2.05, 4.69) is 5.32 Å². The summed E-state index contributed by atoms with van der Waals surface area (Å²) in [5, 5.41) is 12.9. The van der Waals surface area contributed by atoms with Gasteiger partial charge in [-0.25, -0.2) is 8.42 Å². The lowest BCUT2D eigenvalue weighted by Gasteiger charge is -2.22. The quantitative estimate of drug-likeness (QED) is 0.866. The van der Waals surface area contributed by atoms with Gasteiger partial charge in [-0.2, -0.15) is 4.31 Å². The Balaban J connectivity index is 1.68. The van der Waals surface area contributed by atoms with Gasteiger partial charge in [-0.05, 0) is 62.4 Å². The van der Waals surface area contributed by atoms with Crippen molar-refractivity contribution in [2.75, 3.05) is 26.2 Å². The minimum atomic E-state index is -3.46. The molecule has 2 fully saturated rings. The summed E-state index contributed by atoms with van der Waals surface area (Å²) in [6.07, 6.45) is 3.38. The highest BCUT2D eigenvalue weighted by Crippen LogP contribution is 2.23. The molecule has 0 amide bonds. The molecule has 1 aromatic rings. The number of β-amino-alcohol motifs (C(OH)–C–C–N with tert-alkyl or cyclic N) is 1. The molecule has 122 valence electrons. The smallest absolute Gasteiger partial charge is 0.243 e. The van der Waals surface area contributed by atoms with E-state index in [1.165, 1.54) is 22.7 Å². The number of sulfonamides is 1. The van der Waals surface area contributed by atoms with Crippen LogP contribution in [-0.4, -0.2) is 50.1 Å². The van der Waals surface area contributed by atoms with Crippen molar-refractivity contribution in [1.29, 1.82) is 0 Å². The van der Waals surface area contributed by atoms with E-state index in [0.29, 0.717) is 23.8 Å². The van der Waals surface area contributed by atoms with Crippen LogP contribution >= 0.6 is 0 Å². The van der Waals surface area contributed by atoms with Gasteiger partial charge in [-0.3, -0.25) is 0 Å². The Kier molecular flexibility index (Phi) is 4.82. The molecule has 2 aliphatic heterocycles. The molecule has 0 aromatic heterocycles. The second kappa shape index (κ2) is 6.66. The fourth-order valence-electron chi connectivity index (χ4n) is 3.29. The van der Waals surface area contributed by atoms with E-state index in [9.17, 15) is 13.5 Å². The number of aliphatic hydroxyl groups is 1. The maximum absolute atomic E-state index is 12.5. The lowest BCUT2D eigenvalue weighted by Crippen LogP contribution is -2.29. The van der Waals surface area contributed by atoms with Gasteiger partial charge in [0.25, 0.3) is 0 Å². The molecule has 2 heterocycles. The standard InChI is InChI=1S/C16H24N2O3S/c19-15-7-10-18(12-15)22(20,21)16-3-1-13(2-4-16)11-14-5-8-17-9-6-14/h1-4,14-15,17,19H,5-12H2. The summed E-state index contributed by atoms with van der Waals surface area (Å²) in [5.41, 5.74) is 1.20. The average molecular weight is 324 g/mol. The summed E-state index contributed by atoms with van der Waals surface area (Å²) < 4.78 is 26.4. The predicted octanol–water partition coefficient (Wildman–Crippen LogP) is 0.984. The van der Waals surface area contributed by atoms with Crippen LogP contribution in [0.3, 0.4) is 0 Å². The molecule has 1 unspecified atom stereocenters. The number of nitrogens with zero attached hydrogens (tertiary/aromatic N) is 1. The molecule has 6 heteroatoms. The number of hydrogen-bond acceptors (Lipinski definition) is 4. The summed E-state index contributed by atoms with van der Waals surface area (Å²) in [6.45, 7) is 2.77. The second-order valence-electron chi connectivity index (χ2n) is 6.35. The molecule has 0 aliphatic carbocycles. The van der Waals surface area contributed by atoms with Gasteiger partial charge in [0.15, 0.2) is 0 Å². The van der Waals surface area contributed by atoms with Crippen molar-refractivity contribution < 1.29 is 13.5 Å². The average Bonchev–Trinajstić information content (AvgIpc) is 2.96. The maximum atomic E-state index is 12.5. The van der Waals surface area contributed by atoms with E-state index in [1.807, 2.05) is 12.1 Å². The normalized spacial score (nSPS) is 24.7. The van der Waals surface area contributed by atoms with Crippen LogP contribution in [0.2, 0.25) is 0 Å². The Morgan fingerprint density at radius 2 is 1.82 bits per heavy atom. The van der Waals surface area contributed by atoms with Gasteiger partial charge in [0.05, 0.1) is 11.0 Å². The van der Waals surface area contributed by atoms with Crippen molar-refractivity contribution in [2.45, 2.75) is 36.7 Å². The van der Waals surface area contributed by atoms with Gasteiger partial charge in [-0.1, -0.05) is 12.1 Å². The largest absolute Gasteiger partial charge is 0.392 e. The van der Waals surface area contributed by atoms with Crippen molar-refractivity contribution in [3.63, 3.8) is 0 Å². The van der Waals surface area contributed by atoms with Gasteiger partial charge < -0.3 is 10.4 Å². The van der Waals surface area contributed by atoms with Crippen LogP contribution in [0.1, 0.15) is 24.8 Å². The number of aliphatic hydroxyl groups excluding tert-OH is 1. The lowest BCUT2D eigenvalue weighted by atomic mass is 9.91. The summed E-state index contributed by atoms with van der Waals surface area (Å²) >= 11 is 0. The molecule has 1 atom stereocenters. The number of nitrogens with one attached hydrogen (secondary N) is 1. The van der Waals surface area contributed by atoms with Gasteiger partial charge in [-0.15, -0.1) is 0 Å². The molecule has 2 aliphatic rings. The fourth-order valence-corrected chi connectivity index (χ4v) is 4.79. The van der Waals surface area contributed by atoms with Crippen molar-refractivity contribution in [1.82, 2.24) is 9.62 Å². The first kappa shape index (κ1) is 15.9. The van der Waals surface area contributed by atoms with Gasteiger partial charge in [0, 0.05) is 13.1 Å². The van der Waals surface area contributed by atoms with Crippen molar-refractivity contribution >= 4 is 10.0 Å². The van der Waals surface area contributed by atoms with Gasteiger partial charge in [0.2, 0.25) is 10.0 Å². The Morgan fingerprint density at radius 1 is 1.14 bits per heavy atom. The van der Waals surface area contributed by atoms with Crippen LogP contribution in [0.25, 0.3) is 0 Å². The number of piperidine rings is 1. The topological polar surface area (TPSA) is 69.6 Å². The summed E-state index contributed by atoms with van der Waals surface area (Å²) in [5.74, 6) is 0.692. The Labute approximate surface area is 132 Å². The molecule has 22 heavy (non-hydrogen) atoms. The van der Waals surface area contributed by atoms with E-state index < -0.39 is 16.1 Å². The van der Waals surface area contributed by atoms with Crippen LogP contribution in [0.15, 0.2) is 29.2 Å². The van der Waals surface area contributed by atoms with E-state index in [0.717, 1.165) is 19.5 Å². The summed E-state index contributed by atoms with van der Waals surface area (Å²) in [6, 6.07) is 7.27. The molecule has 2 saturated heterocycles. The third kappa shape index (κ3) is 3.51. The third-order valence-corrected chi connectivity index (χ3v) is 6.55. The fraction of sp³-hybridized carbons (Fsp3) is 0.625. The highest BCUT2D eigenvalue weighted by molar-refractivity contribution is 7.89. The zero-order valence-electron chi connectivity index (χ0n) is 12.7. The molecule has 0 saturated carbocycles. The summed E-state index contributed by atoms with van der Waals surface area (Å²) in [7, 11) is -3.46. The zero-order valence-corrected chi connectivity index (χ0v) is 13.6. The minimum Gasteiger partial charge on any atom is -0.392 e. The zero-order chi connectivity index (χ0) is 15.6. The SMILES string of the molecule is O=S(=O)(c1ccc(CC2CCNCC2)cc1)N1CCC(O)C1. The van der Waals surface area contributed by atoms with E-state index in [4.69, 9.17) is 0 Å². The molecule has 0 spiro atoms. The van der Waals surface area contributed by atoms with E-state index in [-0.39, 0.29) is 6.54 Å². The molecule has 0 bridgehead atoms. The lowest BCUT2D eigenvalue weighted by molar-refractivity contribution is 0.189. The molecule has 0 radical (unpaired) electrons. The molecular weight excluding hydrogens is 300 g/mol. The highest BCUT2D eigenvalue weighted by atomic mass is 32.2. The van der Waals surface area contributed by atoms with Crippen LogP contribution in [0, 0.1) is 5.92 Å². The van der Waals surface area contributed by atoms with Gasteiger partial charge >= 0.3 is 0 Å². The Hall–Kier alpha value is -0.950. The van der Waals surface area contributed by atoms with Gasteiger partial charge in [0.1, 0.15) is 0 Å². The van der Waals surface area contributed by atoms with Crippen LogP contribution < -0.4 is 5.32 Å². The Morgan fingerprint density at radius 3 is 2.41 bits per heavy atom. The highest BCUT2D eigenvalue weighted by Gasteiger charge is 2.31. The molecule has 1 aromatic carbocycles. The minimum absolute atomic E-state index is 0.207. The monoisotopic (exact) mass is 324 g/mol. The molecular formula is C16H24N2O3S. The first-order chi connectivity index (χ1) is 10.6. The van der Waals surface area contributed by atoms with Crippen molar-refractivity contribution in [3.05, 3.63) is 29.8 Å². The first-order valence-corrected chi connectivity index (χ1v) is 9.47. The molecule has 5 nitrogen and oxygen atoms in total. The molecule has 2 N–H and O–H groups in total. The summed E-state index contributed by atoms with van der Waals surface area (Å²) in [4.78, 5) is 0.329. The second-order valence-corrected chi connectivity index (χ2v) is 8.28. The maximum Gasteiger partial charge on any atom is 0.243 e. The van der Waals surface area contributed by atoms with Crippen molar-refractivity contribution in [3.8, 4) is 0 Å². The number of hydrogen-bond donors (Lipinski definition) is 2. The van der Waals surface area contributed by atoms with E-state index in [1.54, 1.807) is 12.1 Å². The third-order valence-electron chi connectivity index (χ3n) is 4.67. The van der Waals surface area contributed by atoms with Crippen LogP contribution in [0.5, 0.6) is 0 Å². The predicted molar refractivity (Wildman–Crippen MR) is 85.1 cm³/mol. The first-order valence-electron chi connectivity index (χ1n) is 8.03. The van der Waals surface area contributed by atoms with Crippen LogP contribution in [-0.2, 0) is 16.4 Å². The van der Waals surface area contributed by atoms with E-state index >= 15 is 0 Å².